The predicted molar refractivity (Wildman–Crippen MR) is 131 cm³/mol. The molecular formula is C26H26ClF3N2O4. The van der Waals surface area contributed by atoms with Gasteiger partial charge < -0.3 is 4.74 Å². The summed E-state index contributed by atoms with van der Waals surface area (Å²) in [5, 5.41) is 0.600. The maximum Gasteiger partial charge on any atom is 0.416 e. The van der Waals surface area contributed by atoms with Crippen LogP contribution in [0.4, 0.5) is 13.2 Å². The molecule has 6 nitrogen and oxygen atoms in total. The standard InChI is InChI=1S/C26H26ClF3N2O4/c1-25(2,23(34)36-3)16-32-22(33)14-21(13-18-7-4-8-19(12-18)26(28,29)30)31(24(32)35)15-17-6-5-9-20(27)11-10-17/h4-8,10-12,14H,9,13,15-16H2,1-3H3. The van der Waals surface area contributed by atoms with Crippen LogP contribution in [0.1, 0.15) is 37.1 Å². The zero-order valence-corrected chi connectivity index (χ0v) is 20.8. The van der Waals surface area contributed by atoms with Gasteiger partial charge in [0.15, 0.2) is 0 Å². The van der Waals surface area contributed by atoms with Crippen LogP contribution in [0.5, 0.6) is 0 Å². The smallest absolute Gasteiger partial charge is 0.416 e. The van der Waals surface area contributed by atoms with Gasteiger partial charge in [0.05, 0.1) is 24.6 Å². The molecule has 0 radical (unpaired) electrons. The van der Waals surface area contributed by atoms with Crippen LogP contribution < -0.4 is 11.2 Å². The van der Waals surface area contributed by atoms with Crippen LogP contribution in [0, 0.1) is 5.41 Å². The Bertz CT molecular complexity index is 1360. The molecule has 192 valence electrons. The molecule has 0 atom stereocenters. The lowest BCUT2D eigenvalue weighted by Gasteiger charge is -2.23. The normalized spacial score (nSPS) is 14.2. The van der Waals surface area contributed by atoms with E-state index in [1.807, 2.05) is 6.08 Å². The Morgan fingerprint density at radius 1 is 1.11 bits per heavy atom. The fourth-order valence-electron chi connectivity index (χ4n) is 3.86. The third-order valence-corrected chi connectivity index (χ3v) is 6.04. The van der Waals surface area contributed by atoms with E-state index >= 15 is 0 Å². The van der Waals surface area contributed by atoms with Crippen molar-refractivity contribution in [1.82, 2.24) is 9.13 Å². The second kappa shape index (κ2) is 10.7. The molecule has 0 aliphatic heterocycles. The highest BCUT2D eigenvalue weighted by Gasteiger charge is 2.32. The van der Waals surface area contributed by atoms with Gasteiger partial charge in [-0.15, -0.1) is 0 Å². The average molecular weight is 523 g/mol. The Morgan fingerprint density at radius 2 is 1.83 bits per heavy atom. The zero-order valence-electron chi connectivity index (χ0n) is 20.1. The van der Waals surface area contributed by atoms with Crippen LogP contribution in [0.25, 0.3) is 0 Å². The van der Waals surface area contributed by atoms with Gasteiger partial charge in [0.2, 0.25) is 0 Å². The molecule has 1 aromatic carbocycles. The van der Waals surface area contributed by atoms with Crippen molar-refractivity contribution in [3.8, 4) is 0 Å². The summed E-state index contributed by atoms with van der Waals surface area (Å²) in [6.45, 7) is 2.91. The van der Waals surface area contributed by atoms with Crippen molar-refractivity contribution in [3.05, 3.63) is 103 Å². The van der Waals surface area contributed by atoms with E-state index in [1.54, 1.807) is 32.1 Å². The lowest BCUT2D eigenvalue weighted by molar-refractivity contribution is -0.151. The summed E-state index contributed by atoms with van der Waals surface area (Å²) in [5.41, 5.74) is -2.11. The summed E-state index contributed by atoms with van der Waals surface area (Å²) < 4.78 is 46.7. The van der Waals surface area contributed by atoms with E-state index in [0.717, 1.165) is 16.7 Å². The fraction of sp³-hybridized carbons (Fsp3) is 0.346. The minimum Gasteiger partial charge on any atom is -0.469 e. The third kappa shape index (κ3) is 6.46. The zero-order chi connectivity index (χ0) is 26.7. The number of benzene rings is 1. The van der Waals surface area contributed by atoms with Gasteiger partial charge in [-0.3, -0.25) is 18.7 Å². The summed E-state index contributed by atoms with van der Waals surface area (Å²) in [6.07, 6.45) is 2.96. The highest BCUT2D eigenvalue weighted by atomic mass is 35.5. The van der Waals surface area contributed by atoms with E-state index in [0.29, 0.717) is 22.6 Å². The maximum atomic E-state index is 13.5. The maximum absolute atomic E-state index is 13.5. The van der Waals surface area contributed by atoms with Crippen molar-refractivity contribution in [3.63, 3.8) is 0 Å². The number of carbonyl (C=O) groups excluding carboxylic acids is 1. The van der Waals surface area contributed by atoms with Crippen LogP contribution in [-0.4, -0.2) is 22.2 Å². The largest absolute Gasteiger partial charge is 0.469 e. The van der Waals surface area contributed by atoms with Gasteiger partial charge >= 0.3 is 17.8 Å². The van der Waals surface area contributed by atoms with Gasteiger partial charge in [-0.05, 0) is 37.1 Å². The lowest BCUT2D eigenvalue weighted by atomic mass is 9.93. The Balaban J connectivity index is 2.13. The van der Waals surface area contributed by atoms with Crippen molar-refractivity contribution in [2.75, 3.05) is 7.11 Å². The molecule has 0 unspecified atom stereocenters. The number of halogens is 4. The molecule has 0 N–H and O–H groups in total. The van der Waals surface area contributed by atoms with Crippen molar-refractivity contribution < 1.29 is 22.7 Å². The first kappa shape index (κ1) is 27.3. The second-order valence-corrected chi connectivity index (χ2v) is 9.63. The molecule has 0 fully saturated rings. The summed E-state index contributed by atoms with van der Waals surface area (Å²) in [6, 6.07) is 5.96. The van der Waals surface area contributed by atoms with E-state index < -0.39 is 34.4 Å². The molecule has 1 aromatic heterocycles. The molecule has 0 spiro atoms. The van der Waals surface area contributed by atoms with Crippen molar-refractivity contribution >= 4 is 17.6 Å². The molecule has 36 heavy (non-hydrogen) atoms. The molecule has 3 rings (SSSR count). The summed E-state index contributed by atoms with van der Waals surface area (Å²) in [4.78, 5) is 38.7. The summed E-state index contributed by atoms with van der Waals surface area (Å²) in [5.74, 6) is -0.595. The molecule has 2 aromatic rings. The molecule has 0 saturated heterocycles. The van der Waals surface area contributed by atoms with E-state index in [1.165, 1.54) is 29.9 Å². The molecule has 1 heterocycles. The van der Waals surface area contributed by atoms with Crippen LogP contribution in [0.15, 0.2) is 74.8 Å². The molecule has 1 aliphatic carbocycles. The summed E-state index contributed by atoms with van der Waals surface area (Å²) in [7, 11) is 1.22. The molecule has 1 aliphatic rings. The van der Waals surface area contributed by atoms with Gasteiger partial charge in [-0.1, -0.05) is 48.0 Å². The number of methoxy groups -OCH3 is 1. The highest BCUT2D eigenvalue weighted by Crippen LogP contribution is 2.30. The molecular weight excluding hydrogens is 497 g/mol. The molecule has 0 bridgehead atoms. The molecule has 0 amide bonds. The van der Waals surface area contributed by atoms with Crippen LogP contribution in [0.3, 0.4) is 0 Å². The van der Waals surface area contributed by atoms with Crippen LogP contribution >= 0.6 is 11.6 Å². The van der Waals surface area contributed by atoms with Gasteiger partial charge in [0.1, 0.15) is 0 Å². The number of rotatable bonds is 7. The van der Waals surface area contributed by atoms with Gasteiger partial charge in [0, 0.05) is 36.2 Å². The number of aromatic nitrogens is 2. The summed E-state index contributed by atoms with van der Waals surface area (Å²) >= 11 is 6.09. The topological polar surface area (TPSA) is 70.3 Å². The van der Waals surface area contributed by atoms with Crippen molar-refractivity contribution in [1.29, 1.82) is 0 Å². The first-order valence-electron chi connectivity index (χ1n) is 11.1. The van der Waals surface area contributed by atoms with Crippen molar-refractivity contribution in [2.24, 2.45) is 5.41 Å². The minimum atomic E-state index is -4.53. The second-order valence-electron chi connectivity index (χ2n) is 9.14. The van der Waals surface area contributed by atoms with Gasteiger partial charge in [-0.25, -0.2) is 4.79 Å². The van der Waals surface area contributed by atoms with Crippen LogP contribution in [-0.2, 0) is 35.2 Å². The third-order valence-electron chi connectivity index (χ3n) is 5.76. The first-order valence-corrected chi connectivity index (χ1v) is 11.5. The number of carbonyl (C=O) groups is 1. The molecule has 10 heteroatoms. The number of esters is 1. The number of allylic oxidation sites excluding steroid dienone is 6. The Hall–Kier alpha value is -3.33. The molecule has 0 saturated carbocycles. The highest BCUT2D eigenvalue weighted by molar-refractivity contribution is 6.29. The number of alkyl halides is 3. The predicted octanol–water partition coefficient (Wildman–Crippen LogP) is 4.83. The van der Waals surface area contributed by atoms with E-state index in [9.17, 15) is 27.6 Å². The van der Waals surface area contributed by atoms with Gasteiger partial charge in [0.25, 0.3) is 5.56 Å². The monoisotopic (exact) mass is 522 g/mol. The van der Waals surface area contributed by atoms with Gasteiger partial charge in [-0.2, -0.15) is 13.2 Å². The fourth-order valence-corrected chi connectivity index (χ4v) is 4.01. The number of ether oxygens (including phenoxy) is 1. The average Bonchev–Trinajstić information content (AvgIpc) is 3.02. The van der Waals surface area contributed by atoms with Crippen LogP contribution in [0.2, 0.25) is 0 Å². The van der Waals surface area contributed by atoms with E-state index in [2.05, 4.69) is 0 Å². The van der Waals surface area contributed by atoms with E-state index in [-0.39, 0.29) is 25.2 Å². The lowest BCUT2D eigenvalue weighted by Crippen LogP contribution is -2.46. The quantitative estimate of drug-likeness (QED) is 0.489. The Labute approximate surface area is 211 Å². The SMILES string of the molecule is COC(=O)C(C)(C)Cn1c(=O)cc(Cc2cccc(C(F)(F)F)c2)n(CC2=CC=C(Cl)CC=C2)c1=O. The first-order chi connectivity index (χ1) is 16.8. The minimum absolute atomic E-state index is 0.0449. The van der Waals surface area contributed by atoms with E-state index in [4.69, 9.17) is 16.3 Å². The number of hydrogen-bond acceptors (Lipinski definition) is 4. The van der Waals surface area contributed by atoms with Crippen molar-refractivity contribution in [2.45, 2.75) is 46.0 Å². The Kier molecular flexibility index (Phi) is 8.13. The Morgan fingerprint density at radius 3 is 2.50 bits per heavy atom. The number of hydrogen-bond donors (Lipinski definition) is 0. The number of nitrogens with zero attached hydrogens (tertiary/aromatic N) is 2.